The summed E-state index contributed by atoms with van der Waals surface area (Å²) in [4.78, 5) is 4.71. The Balaban J connectivity index is 1.47. The predicted molar refractivity (Wildman–Crippen MR) is 178 cm³/mol. The number of anilines is 1. The number of methoxy groups -OCH3 is 1. The molecule has 216 valence electrons. The van der Waals surface area contributed by atoms with Gasteiger partial charge in [-0.2, -0.15) is 0 Å². The molecule has 0 spiro atoms. The maximum Gasteiger partial charge on any atom is 0.121 e. The molecule has 0 saturated carbocycles. The van der Waals surface area contributed by atoms with Gasteiger partial charge in [0.25, 0.3) is 0 Å². The summed E-state index contributed by atoms with van der Waals surface area (Å²) >= 11 is 0. The molecule has 0 radical (unpaired) electrons. The molecular formula is C39H38N2O2. The van der Waals surface area contributed by atoms with Gasteiger partial charge in [-0.3, -0.25) is 0 Å². The van der Waals surface area contributed by atoms with E-state index in [2.05, 4.69) is 151 Å². The number of allylic oxidation sites excluding steroid dienone is 2. The molecule has 0 saturated heterocycles. The monoisotopic (exact) mass is 566 g/mol. The molecule has 2 aliphatic rings. The largest absolute Gasteiger partial charge is 0.497 e. The van der Waals surface area contributed by atoms with E-state index in [1.54, 1.807) is 7.11 Å². The van der Waals surface area contributed by atoms with Crippen LogP contribution in [0.15, 0.2) is 139 Å². The fraction of sp³-hybridized carbons (Fsp3) is 0.179. The van der Waals surface area contributed by atoms with Gasteiger partial charge < -0.3 is 19.3 Å². The third-order valence-electron chi connectivity index (χ3n) is 7.73. The van der Waals surface area contributed by atoms with Crippen LogP contribution in [0.2, 0.25) is 0 Å². The van der Waals surface area contributed by atoms with E-state index >= 15 is 0 Å². The molecule has 4 aromatic carbocycles. The van der Waals surface area contributed by atoms with Gasteiger partial charge in [0.2, 0.25) is 0 Å². The normalized spacial score (nSPS) is 16.0. The van der Waals surface area contributed by atoms with Crippen LogP contribution in [0.4, 0.5) is 5.69 Å². The van der Waals surface area contributed by atoms with Gasteiger partial charge in [0, 0.05) is 30.9 Å². The minimum absolute atomic E-state index is 0.122. The van der Waals surface area contributed by atoms with E-state index in [0.717, 1.165) is 40.6 Å². The lowest BCUT2D eigenvalue weighted by atomic mass is 9.94. The molecule has 0 amide bonds. The molecule has 0 fully saturated rings. The van der Waals surface area contributed by atoms with Gasteiger partial charge in [-0.25, -0.2) is 0 Å². The smallest absolute Gasteiger partial charge is 0.121 e. The van der Waals surface area contributed by atoms with Gasteiger partial charge in [-0.15, -0.1) is 0 Å². The number of ether oxygens (including phenoxy) is 2. The Bertz CT molecular complexity index is 1650. The maximum atomic E-state index is 6.19. The molecule has 6 rings (SSSR count). The van der Waals surface area contributed by atoms with Crippen LogP contribution in [-0.4, -0.2) is 18.6 Å². The van der Waals surface area contributed by atoms with Crippen molar-refractivity contribution in [2.45, 2.75) is 26.3 Å². The summed E-state index contributed by atoms with van der Waals surface area (Å²) in [5, 5.41) is 0. The Kier molecular flexibility index (Phi) is 8.46. The standard InChI is InChI=1S/C39H38N2O2/c1-29(2)28-43-34-19-20-35-36-23-24-40(27-32-12-8-5-9-13-32)37(21-16-31-14-17-33(42-3)18-15-31)39(36)41(38(35)26-34)25-22-30-10-6-4-7-11-30/h4-26,29,36H,27-28H2,1-3H3/b21-16+,25-22+. The third kappa shape index (κ3) is 6.44. The van der Waals surface area contributed by atoms with E-state index in [9.17, 15) is 0 Å². The zero-order valence-electron chi connectivity index (χ0n) is 25.1. The summed E-state index contributed by atoms with van der Waals surface area (Å²) in [6.45, 7) is 5.81. The average molecular weight is 567 g/mol. The first-order valence-corrected chi connectivity index (χ1v) is 14.9. The van der Waals surface area contributed by atoms with Crippen molar-refractivity contribution in [3.8, 4) is 11.5 Å². The van der Waals surface area contributed by atoms with Crippen LogP contribution >= 0.6 is 0 Å². The topological polar surface area (TPSA) is 24.9 Å². The molecule has 0 aromatic heterocycles. The molecule has 0 aliphatic carbocycles. The van der Waals surface area contributed by atoms with Crippen molar-refractivity contribution in [2.75, 3.05) is 18.6 Å². The van der Waals surface area contributed by atoms with Crippen molar-refractivity contribution >= 4 is 17.8 Å². The second kappa shape index (κ2) is 12.9. The lowest BCUT2D eigenvalue weighted by molar-refractivity contribution is 0.271. The highest BCUT2D eigenvalue weighted by Crippen LogP contribution is 2.50. The van der Waals surface area contributed by atoms with E-state index in [4.69, 9.17) is 9.47 Å². The average Bonchev–Trinajstić information content (AvgIpc) is 3.36. The fourth-order valence-electron chi connectivity index (χ4n) is 5.54. The zero-order valence-corrected chi connectivity index (χ0v) is 25.1. The lowest BCUT2D eigenvalue weighted by Gasteiger charge is -2.32. The van der Waals surface area contributed by atoms with E-state index in [1.807, 2.05) is 12.1 Å². The van der Waals surface area contributed by atoms with Crippen LogP contribution in [-0.2, 0) is 6.54 Å². The van der Waals surface area contributed by atoms with Gasteiger partial charge in [-0.1, -0.05) is 105 Å². The van der Waals surface area contributed by atoms with Crippen LogP contribution in [0, 0.1) is 5.92 Å². The molecule has 0 bridgehead atoms. The van der Waals surface area contributed by atoms with E-state index in [1.165, 1.54) is 16.8 Å². The van der Waals surface area contributed by atoms with Crippen molar-refractivity contribution in [3.63, 3.8) is 0 Å². The van der Waals surface area contributed by atoms with Crippen LogP contribution in [0.3, 0.4) is 0 Å². The van der Waals surface area contributed by atoms with Crippen LogP contribution in [0.25, 0.3) is 12.2 Å². The van der Waals surface area contributed by atoms with Crippen molar-refractivity contribution in [3.05, 3.63) is 161 Å². The first kappa shape index (κ1) is 28.2. The van der Waals surface area contributed by atoms with E-state index in [0.29, 0.717) is 12.5 Å². The number of benzene rings is 4. The molecule has 43 heavy (non-hydrogen) atoms. The van der Waals surface area contributed by atoms with Gasteiger partial charge in [0.1, 0.15) is 11.5 Å². The highest BCUT2D eigenvalue weighted by atomic mass is 16.5. The number of hydrogen-bond donors (Lipinski definition) is 0. The molecule has 2 heterocycles. The van der Waals surface area contributed by atoms with Crippen molar-refractivity contribution in [1.82, 2.24) is 4.90 Å². The summed E-state index contributed by atoms with van der Waals surface area (Å²) in [7, 11) is 1.70. The third-order valence-corrected chi connectivity index (χ3v) is 7.73. The van der Waals surface area contributed by atoms with Gasteiger partial charge in [-0.05, 0) is 58.5 Å². The Morgan fingerprint density at radius 3 is 2.19 bits per heavy atom. The maximum absolute atomic E-state index is 6.19. The summed E-state index contributed by atoms with van der Waals surface area (Å²) in [5.74, 6) is 2.32. The van der Waals surface area contributed by atoms with E-state index < -0.39 is 0 Å². The number of rotatable bonds is 10. The van der Waals surface area contributed by atoms with Gasteiger partial charge in [0.15, 0.2) is 0 Å². The fourth-order valence-corrected chi connectivity index (χ4v) is 5.54. The SMILES string of the molecule is COc1ccc(/C=C/C2=C3C(C=CN2Cc2ccccc2)c2ccc(OCC(C)C)cc2N3/C=C/c2ccccc2)cc1. The minimum Gasteiger partial charge on any atom is -0.497 e. The Morgan fingerprint density at radius 2 is 1.47 bits per heavy atom. The first-order valence-electron chi connectivity index (χ1n) is 14.9. The molecule has 4 nitrogen and oxygen atoms in total. The summed E-state index contributed by atoms with van der Waals surface area (Å²) in [5.41, 5.74) is 8.34. The molecule has 1 unspecified atom stereocenters. The van der Waals surface area contributed by atoms with Crippen LogP contribution in [0.5, 0.6) is 11.5 Å². The Labute approximate surface area is 255 Å². The van der Waals surface area contributed by atoms with Gasteiger partial charge in [0.05, 0.1) is 30.8 Å². The van der Waals surface area contributed by atoms with Crippen LogP contribution < -0.4 is 14.4 Å². The molecular weight excluding hydrogens is 528 g/mol. The molecule has 4 heteroatoms. The Morgan fingerprint density at radius 1 is 0.767 bits per heavy atom. The minimum atomic E-state index is 0.122. The second-order valence-corrected chi connectivity index (χ2v) is 11.3. The molecule has 2 aliphatic heterocycles. The Hall–Kier alpha value is -4.96. The van der Waals surface area contributed by atoms with Crippen molar-refractivity contribution in [2.24, 2.45) is 5.92 Å². The summed E-state index contributed by atoms with van der Waals surface area (Å²) in [6.07, 6.45) is 13.4. The van der Waals surface area contributed by atoms with E-state index in [-0.39, 0.29) is 5.92 Å². The number of nitrogens with zero attached hydrogens (tertiary/aromatic N) is 2. The number of fused-ring (bicyclic) bond motifs is 3. The van der Waals surface area contributed by atoms with Crippen molar-refractivity contribution < 1.29 is 9.47 Å². The van der Waals surface area contributed by atoms with Crippen LogP contribution in [0.1, 0.15) is 42.0 Å². The molecule has 0 N–H and O–H groups in total. The second-order valence-electron chi connectivity index (χ2n) is 11.3. The molecule has 1 atom stereocenters. The summed E-state index contributed by atoms with van der Waals surface area (Å²) < 4.78 is 11.6. The summed E-state index contributed by atoms with van der Waals surface area (Å²) in [6, 6.07) is 35.8. The molecule has 4 aromatic rings. The van der Waals surface area contributed by atoms with Gasteiger partial charge >= 0.3 is 0 Å². The number of hydrogen-bond acceptors (Lipinski definition) is 4. The quantitative estimate of drug-likeness (QED) is 0.191. The van der Waals surface area contributed by atoms with Crippen molar-refractivity contribution in [1.29, 1.82) is 0 Å². The first-order chi connectivity index (χ1) is 21.1. The highest BCUT2D eigenvalue weighted by molar-refractivity contribution is 5.77. The lowest BCUT2D eigenvalue weighted by Crippen LogP contribution is -2.26. The predicted octanol–water partition coefficient (Wildman–Crippen LogP) is 9.26. The zero-order chi connectivity index (χ0) is 29.6. The highest BCUT2D eigenvalue weighted by Gasteiger charge is 2.37.